The molecular formula is C12H15BrO6S2. The molecule has 0 saturated carbocycles. The monoisotopic (exact) mass is 398 g/mol. The Morgan fingerprint density at radius 3 is 2.48 bits per heavy atom. The highest BCUT2D eigenvalue weighted by molar-refractivity contribution is 9.10. The summed E-state index contributed by atoms with van der Waals surface area (Å²) in [5.74, 6) is -2.91. The van der Waals surface area contributed by atoms with Gasteiger partial charge >= 0.3 is 11.9 Å². The molecule has 0 fully saturated rings. The van der Waals surface area contributed by atoms with Crippen molar-refractivity contribution in [1.82, 2.24) is 0 Å². The summed E-state index contributed by atoms with van der Waals surface area (Å²) in [4.78, 5) is 23.3. The Labute approximate surface area is 138 Å². The molecule has 0 radical (unpaired) electrons. The van der Waals surface area contributed by atoms with Crippen molar-refractivity contribution < 1.29 is 29.3 Å². The van der Waals surface area contributed by atoms with Crippen LogP contribution in [0.15, 0.2) is 20.1 Å². The maximum Gasteiger partial charge on any atom is 0.334 e. The second-order valence-electron chi connectivity index (χ2n) is 4.01. The molecule has 1 rings (SSSR count). The van der Waals surface area contributed by atoms with Crippen LogP contribution in [0.5, 0.6) is 0 Å². The number of carboxylic acid groups (broad SMARTS) is 2. The zero-order valence-corrected chi connectivity index (χ0v) is 14.6. The molecule has 2 N–H and O–H groups in total. The number of carboxylic acids is 2. The molecule has 0 aliphatic heterocycles. The van der Waals surface area contributed by atoms with E-state index < -0.39 is 22.8 Å². The SMILES string of the molecule is COCCOC(C)C(Sc1sccc1Br)(C(=O)O)C(=O)O. The van der Waals surface area contributed by atoms with Gasteiger partial charge in [0, 0.05) is 11.6 Å². The van der Waals surface area contributed by atoms with Crippen LogP contribution < -0.4 is 0 Å². The van der Waals surface area contributed by atoms with E-state index in [1.165, 1.54) is 25.4 Å². The summed E-state index contributed by atoms with van der Waals surface area (Å²) in [6.07, 6.45) is -1.04. The molecule has 0 aliphatic rings. The lowest BCUT2D eigenvalue weighted by Gasteiger charge is -2.30. The highest BCUT2D eigenvalue weighted by Gasteiger charge is 2.54. The van der Waals surface area contributed by atoms with E-state index in [4.69, 9.17) is 9.47 Å². The largest absolute Gasteiger partial charge is 0.480 e. The summed E-state index contributed by atoms with van der Waals surface area (Å²) in [6, 6.07) is 1.73. The molecule has 0 spiro atoms. The summed E-state index contributed by atoms with van der Waals surface area (Å²) >= 11 is 5.30. The van der Waals surface area contributed by atoms with E-state index in [9.17, 15) is 19.8 Å². The third-order valence-electron chi connectivity index (χ3n) is 2.70. The highest BCUT2D eigenvalue weighted by atomic mass is 79.9. The van der Waals surface area contributed by atoms with E-state index in [2.05, 4.69) is 15.9 Å². The van der Waals surface area contributed by atoms with Crippen LogP contribution in [-0.2, 0) is 19.1 Å². The lowest BCUT2D eigenvalue weighted by atomic mass is 10.0. The summed E-state index contributed by atoms with van der Waals surface area (Å²) in [5.41, 5.74) is 0. The van der Waals surface area contributed by atoms with Crippen LogP contribution in [0.25, 0.3) is 0 Å². The van der Waals surface area contributed by atoms with Gasteiger partial charge in [-0.2, -0.15) is 0 Å². The standard InChI is InChI=1S/C12H15BrO6S2/c1-7(19-5-4-18-2)12(10(14)15,11(16)17)21-9-8(13)3-6-20-9/h3,6-7H,4-5H2,1-2H3,(H,14,15)(H,16,17). The predicted molar refractivity (Wildman–Crippen MR) is 83.2 cm³/mol. The number of rotatable bonds is 9. The number of aliphatic carboxylic acids is 2. The quantitative estimate of drug-likeness (QED) is 0.375. The molecule has 0 aromatic carbocycles. The van der Waals surface area contributed by atoms with Crippen LogP contribution in [0.2, 0.25) is 0 Å². The van der Waals surface area contributed by atoms with Crippen molar-refractivity contribution in [3.63, 3.8) is 0 Å². The topological polar surface area (TPSA) is 93.1 Å². The number of halogens is 1. The Kier molecular flexibility index (Phi) is 7.14. The second kappa shape index (κ2) is 8.14. The van der Waals surface area contributed by atoms with Crippen molar-refractivity contribution in [1.29, 1.82) is 0 Å². The van der Waals surface area contributed by atoms with E-state index >= 15 is 0 Å². The lowest BCUT2D eigenvalue weighted by Crippen LogP contribution is -2.53. The molecule has 1 aromatic heterocycles. The molecule has 6 nitrogen and oxygen atoms in total. The van der Waals surface area contributed by atoms with E-state index in [-0.39, 0.29) is 13.2 Å². The van der Waals surface area contributed by atoms with Crippen LogP contribution >= 0.6 is 39.0 Å². The zero-order valence-electron chi connectivity index (χ0n) is 11.4. The molecule has 0 aliphatic carbocycles. The molecule has 9 heteroatoms. The van der Waals surface area contributed by atoms with Crippen molar-refractivity contribution in [2.24, 2.45) is 0 Å². The molecule has 1 unspecified atom stereocenters. The van der Waals surface area contributed by atoms with Crippen molar-refractivity contribution in [2.45, 2.75) is 22.0 Å². The lowest BCUT2D eigenvalue weighted by molar-refractivity contribution is -0.157. The Bertz CT molecular complexity index is 490. The van der Waals surface area contributed by atoms with Gasteiger partial charge in [0.1, 0.15) is 0 Å². The van der Waals surface area contributed by atoms with Gasteiger partial charge in [0.15, 0.2) is 0 Å². The third kappa shape index (κ3) is 4.19. The molecule has 1 heterocycles. The van der Waals surface area contributed by atoms with Crippen molar-refractivity contribution in [3.8, 4) is 0 Å². The fourth-order valence-corrected chi connectivity index (χ4v) is 4.49. The molecule has 21 heavy (non-hydrogen) atoms. The van der Waals surface area contributed by atoms with E-state index in [0.29, 0.717) is 8.68 Å². The Hall–Kier alpha value is -0.610. The Morgan fingerprint density at radius 1 is 1.43 bits per heavy atom. The van der Waals surface area contributed by atoms with Crippen LogP contribution in [0.3, 0.4) is 0 Å². The number of thiophene rings is 1. The number of methoxy groups -OCH3 is 1. The van der Waals surface area contributed by atoms with Gasteiger partial charge in [0.05, 0.1) is 23.5 Å². The maximum absolute atomic E-state index is 11.7. The van der Waals surface area contributed by atoms with Gasteiger partial charge in [-0.1, -0.05) is 11.8 Å². The summed E-state index contributed by atoms with van der Waals surface area (Å²) < 4.78 is 9.27. The first-order chi connectivity index (χ1) is 9.86. The van der Waals surface area contributed by atoms with Crippen molar-refractivity contribution in [2.75, 3.05) is 20.3 Å². The number of ether oxygens (including phenoxy) is 2. The normalized spacial score (nSPS) is 13.1. The second-order valence-corrected chi connectivity index (χ2v) is 7.30. The minimum atomic E-state index is -2.12. The summed E-state index contributed by atoms with van der Waals surface area (Å²) in [7, 11) is 1.48. The van der Waals surface area contributed by atoms with Crippen LogP contribution in [0.4, 0.5) is 0 Å². The average molecular weight is 399 g/mol. The van der Waals surface area contributed by atoms with Crippen LogP contribution in [0.1, 0.15) is 6.92 Å². The van der Waals surface area contributed by atoms with Gasteiger partial charge in [0.2, 0.25) is 4.75 Å². The molecule has 0 bridgehead atoms. The van der Waals surface area contributed by atoms with Gasteiger partial charge in [-0.25, -0.2) is 9.59 Å². The van der Waals surface area contributed by atoms with E-state index in [0.717, 1.165) is 11.8 Å². The molecule has 118 valence electrons. The van der Waals surface area contributed by atoms with Crippen LogP contribution in [-0.4, -0.2) is 53.3 Å². The molecule has 0 amide bonds. The average Bonchev–Trinajstić information content (AvgIpc) is 2.80. The Balaban J connectivity index is 3.07. The van der Waals surface area contributed by atoms with E-state index in [1.807, 2.05) is 0 Å². The first-order valence-electron chi connectivity index (χ1n) is 5.85. The van der Waals surface area contributed by atoms with Gasteiger partial charge < -0.3 is 19.7 Å². The third-order valence-corrected chi connectivity index (χ3v) is 6.54. The van der Waals surface area contributed by atoms with Gasteiger partial charge in [-0.15, -0.1) is 11.3 Å². The minimum Gasteiger partial charge on any atom is -0.480 e. The Morgan fingerprint density at radius 2 is 2.05 bits per heavy atom. The molecular weight excluding hydrogens is 384 g/mol. The van der Waals surface area contributed by atoms with Crippen LogP contribution in [0, 0.1) is 0 Å². The predicted octanol–water partition coefficient (Wildman–Crippen LogP) is 2.56. The highest BCUT2D eigenvalue weighted by Crippen LogP contribution is 2.43. The summed E-state index contributed by atoms with van der Waals surface area (Å²) in [5, 5.41) is 20.7. The van der Waals surface area contributed by atoms with Gasteiger partial charge in [0.25, 0.3) is 0 Å². The molecule has 0 saturated heterocycles. The number of thioether (sulfide) groups is 1. The number of hydrogen-bond acceptors (Lipinski definition) is 6. The molecule has 1 aromatic rings. The fourth-order valence-electron chi connectivity index (χ4n) is 1.53. The smallest absolute Gasteiger partial charge is 0.334 e. The first kappa shape index (κ1) is 18.4. The van der Waals surface area contributed by atoms with Crippen molar-refractivity contribution in [3.05, 3.63) is 15.9 Å². The fraction of sp³-hybridized carbons (Fsp3) is 0.500. The molecule has 1 atom stereocenters. The van der Waals surface area contributed by atoms with Gasteiger partial charge in [-0.3, -0.25) is 0 Å². The summed E-state index contributed by atoms with van der Waals surface area (Å²) in [6.45, 7) is 1.81. The van der Waals surface area contributed by atoms with Gasteiger partial charge in [-0.05, 0) is 34.3 Å². The number of hydrogen-bond donors (Lipinski definition) is 2. The maximum atomic E-state index is 11.7. The zero-order chi connectivity index (χ0) is 16.0. The first-order valence-corrected chi connectivity index (χ1v) is 8.34. The van der Waals surface area contributed by atoms with Crippen molar-refractivity contribution >= 4 is 51.0 Å². The minimum absolute atomic E-state index is 0.117. The van der Waals surface area contributed by atoms with E-state index in [1.54, 1.807) is 11.4 Å². The number of carbonyl (C=O) groups is 2.